The molecule has 7 heteroatoms. The predicted molar refractivity (Wildman–Crippen MR) is 89.4 cm³/mol. The van der Waals surface area contributed by atoms with Crippen molar-refractivity contribution in [2.45, 2.75) is 6.18 Å². The van der Waals surface area contributed by atoms with Gasteiger partial charge in [0.15, 0.2) is 5.78 Å². The van der Waals surface area contributed by atoms with E-state index in [1.54, 1.807) is 0 Å². The van der Waals surface area contributed by atoms with Crippen molar-refractivity contribution < 1.29 is 32.2 Å². The van der Waals surface area contributed by atoms with Gasteiger partial charge in [0.25, 0.3) is 5.78 Å². The molecule has 0 heterocycles. The number of hydrogen-bond acceptors (Lipinski definition) is 4. The first-order chi connectivity index (χ1) is 12.3. The van der Waals surface area contributed by atoms with Crippen LogP contribution in [0.15, 0.2) is 54.1 Å². The minimum absolute atomic E-state index is 0.0526. The van der Waals surface area contributed by atoms with Crippen LogP contribution in [-0.2, 0) is 4.79 Å². The summed E-state index contributed by atoms with van der Waals surface area (Å²) in [5.41, 5.74) is -0.753. The zero-order valence-electron chi connectivity index (χ0n) is 14.0. The standard InChI is InChI=1S/C19H15F3O4/c1-25-14-7-3-12(4-8-14)11-16(18(24)19(20,21)22)17(23)13-5-9-15(26-2)10-6-13/h3-11H,1-2H3/b16-11-. The van der Waals surface area contributed by atoms with Crippen LogP contribution >= 0.6 is 0 Å². The largest absolute Gasteiger partial charge is 0.497 e. The number of ketones is 2. The fourth-order valence-corrected chi connectivity index (χ4v) is 2.15. The van der Waals surface area contributed by atoms with Gasteiger partial charge in [-0.05, 0) is 48.0 Å². The van der Waals surface area contributed by atoms with Crippen LogP contribution in [0.3, 0.4) is 0 Å². The molecule has 0 amide bonds. The smallest absolute Gasteiger partial charge is 0.455 e. The lowest BCUT2D eigenvalue weighted by molar-refractivity contribution is -0.166. The van der Waals surface area contributed by atoms with E-state index >= 15 is 0 Å². The third-order valence-electron chi connectivity index (χ3n) is 3.53. The molecule has 0 saturated carbocycles. The molecule has 0 fully saturated rings. The number of benzene rings is 2. The van der Waals surface area contributed by atoms with Gasteiger partial charge >= 0.3 is 6.18 Å². The Morgan fingerprint density at radius 3 is 1.73 bits per heavy atom. The van der Waals surface area contributed by atoms with Crippen LogP contribution in [0.1, 0.15) is 15.9 Å². The Morgan fingerprint density at radius 1 is 0.846 bits per heavy atom. The molecule has 2 aromatic rings. The third-order valence-corrected chi connectivity index (χ3v) is 3.53. The molecule has 2 aromatic carbocycles. The molecule has 0 saturated heterocycles. The Labute approximate surface area is 147 Å². The van der Waals surface area contributed by atoms with Crippen molar-refractivity contribution in [1.29, 1.82) is 0 Å². The van der Waals surface area contributed by atoms with Crippen molar-refractivity contribution >= 4 is 17.6 Å². The van der Waals surface area contributed by atoms with E-state index in [4.69, 9.17) is 9.47 Å². The zero-order valence-corrected chi connectivity index (χ0v) is 14.0. The van der Waals surface area contributed by atoms with E-state index in [9.17, 15) is 22.8 Å². The summed E-state index contributed by atoms with van der Waals surface area (Å²) in [4.78, 5) is 24.3. The number of alkyl halides is 3. The quantitative estimate of drug-likeness (QED) is 0.335. The summed E-state index contributed by atoms with van der Waals surface area (Å²) in [7, 11) is 2.86. The lowest BCUT2D eigenvalue weighted by Gasteiger charge is -2.10. The maximum atomic E-state index is 12.9. The summed E-state index contributed by atoms with van der Waals surface area (Å²) in [5.74, 6) is -2.29. The number of carbonyl (C=O) groups is 2. The van der Waals surface area contributed by atoms with Crippen LogP contribution in [0.5, 0.6) is 11.5 Å². The molecule has 4 nitrogen and oxygen atoms in total. The van der Waals surface area contributed by atoms with Gasteiger partial charge in [-0.15, -0.1) is 0 Å². The number of hydrogen-bond donors (Lipinski definition) is 0. The van der Waals surface area contributed by atoms with E-state index in [2.05, 4.69) is 0 Å². The third kappa shape index (κ3) is 4.50. The lowest BCUT2D eigenvalue weighted by atomic mass is 9.97. The molecule has 26 heavy (non-hydrogen) atoms. The topological polar surface area (TPSA) is 52.6 Å². The van der Waals surface area contributed by atoms with Crippen LogP contribution in [0.2, 0.25) is 0 Å². The molecule has 0 atom stereocenters. The van der Waals surface area contributed by atoms with Crippen LogP contribution in [-0.4, -0.2) is 32.0 Å². The molecule has 0 aliphatic rings. The maximum Gasteiger partial charge on any atom is 0.455 e. The van der Waals surface area contributed by atoms with Gasteiger partial charge in [0.05, 0.1) is 19.8 Å². The maximum absolute atomic E-state index is 12.9. The average molecular weight is 364 g/mol. The predicted octanol–water partition coefficient (Wildman–Crippen LogP) is 4.10. The van der Waals surface area contributed by atoms with Gasteiger partial charge in [0.1, 0.15) is 11.5 Å². The molecular weight excluding hydrogens is 349 g/mol. The average Bonchev–Trinajstić information content (AvgIpc) is 2.65. The van der Waals surface area contributed by atoms with Crippen LogP contribution < -0.4 is 9.47 Å². The fraction of sp³-hybridized carbons (Fsp3) is 0.158. The van der Waals surface area contributed by atoms with Gasteiger partial charge in [0.2, 0.25) is 0 Å². The zero-order chi connectivity index (χ0) is 19.3. The van der Waals surface area contributed by atoms with Gasteiger partial charge in [-0.25, -0.2) is 0 Å². The molecule has 2 rings (SSSR count). The van der Waals surface area contributed by atoms with E-state index in [1.165, 1.54) is 62.8 Å². The molecule has 0 N–H and O–H groups in total. The second kappa shape index (κ2) is 7.86. The first-order valence-corrected chi connectivity index (χ1v) is 7.42. The molecule has 0 aromatic heterocycles. The monoisotopic (exact) mass is 364 g/mol. The van der Waals surface area contributed by atoms with Crippen molar-refractivity contribution in [3.05, 3.63) is 65.2 Å². The Kier molecular flexibility index (Phi) is 5.82. The van der Waals surface area contributed by atoms with E-state index in [0.29, 0.717) is 11.5 Å². The van der Waals surface area contributed by atoms with Crippen molar-refractivity contribution in [2.24, 2.45) is 0 Å². The molecule has 0 spiro atoms. The summed E-state index contributed by atoms with van der Waals surface area (Å²) in [5, 5.41) is 0. The van der Waals surface area contributed by atoms with Gasteiger partial charge in [-0.3, -0.25) is 9.59 Å². The van der Waals surface area contributed by atoms with Gasteiger partial charge in [-0.2, -0.15) is 13.2 Å². The number of carbonyl (C=O) groups excluding carboxylic acids is 2. The van der Waals surface area contributed by atoms with Gasteiger partial charge in [-0.1, -0.05) is 12.1 Å². The van der Waals surface area contributed by atoms with E-state index in [0.717, 1.165) is 6.08 Å². The SMILES string of the molecule is COc1ccc(/C=C(/C(=O)c2ccc(OC)cc2)C(=O)C(F)(F)F)cc1. The minimum Gasteiger partial charge on any atom is -0.497 e. The van der Waals surface area contributed by atoms with Crippen molar-refractivity contribution in [3.63, 3.8) is 0 Å². The molecule has 0 radical (unpaired) electrons. The summed E-state index contributed by atoms with van der Waals surface area (Å²) in [6, 6.07) is 11.4. The molecule has 136 valence electrons. The second-order valence-corrected chi connectivity index (χ2v) is 5.22. The molecule has 0 aliphatic carbocycles. The lowest BCUT2D eigenvalue weighted by Crippen LogP contribution is -2.28. The van der Waals surface area contributed by atoms with Crippen molar-refractivity contribution in [3.8, 4) is 11.5 Å². The Bertz CT molecular complexity index is 819. The molecule has 0 aliphatic heterocycles. The summed E-state index contributed by atoms with van der Waals surface area (Å²) >= 11 is 0. The number of Topliss-reactive ketones (excluding diaryl/α,β-unsaturated/α-hetero) is 2. The van der Waals surface area contributed by atoms with Crippen molar-refractivity contribution in [1.82, 2.24) is 0 Å². The van der Waals surface area contributed by atoms with Crippen LogP contribution in [0, 0.1) is 0 Å². The van der Waals surface area contributed by atoms with Gasteiger partial charge in [0, 0.05) is 5.56 Å². The van der Waals surface area contributed by atoms with Crippen LogP contribution in [0.25, 0.3) is 6.08 Å². The molecular formula is C19H15F3O4. The first kappa shape index (κ1) is 19.2. The number of rotatable bonds is 6. The van der Waals surface area contributed by atoms with Crippen molar-refractivity contribution in [2.75, 3.05) is 14.2 Å². The number of halogens is 3. The molecule has 0 bridgehead atoms. The Hall–Kier alpha value is -3.09. The Morgan fingerprint density at radius 2 is 1.31 bits per heavy atom. The Balaban J connectivity index is 2.46. The highest BCUT2D eigenvalue weighted by Gasteiger charge is 2.43. The first-order valence-electron chi connectivity index (χ1n) is 7.42. The van der Waals surface area contributed by atoms with E-state index < -0.39 is 23.3 Å². The number of allylic oxidation sites excluding steroid dienone is 1. The number of ether oxygens (including phenoxy) is 2. The highest BCUT2D eigenvalue weighted by molar-refractivity contribution is 6.30. The summed E-state index contributed by atoms with van der Waals surface area (Å²) in [6.45, 7) is 0. The highest BCUT2D eigenvalue weighted by Crippen LogP contribution is 2.26. The van der Waals surface area contributed by atoms with E-state index in [-0.39, 0.29) is 11.1 Å². The normalized spacial score (nSPS) is 11.8. The molecule has 0 unspecified atom stereocenters. The summed E-state index contributed by atoms with van der Waals surface area (Å²) < 4.78 is 48.7. The van der Waals surface area contributed by atoms with E-state index in [1.807, 2.05) is 0 Å². The number of methoxy groups -OCH3 is 2. The second-order valence-electron chi connectivity index (χ2n) is 5.22. The highest BCUT2D eigenvalue weighted by atomic mass is 19.4. The minimum atomic E-state index is -5.17. The van der Waals surface area contributed by atoms with Gasteiger partial charge < -0.3 is 9.47 Å². The summed E-state index contributed by atoms with van der Waals surface area (Å²) in [6.07, 6.45) is -4.25. The fourth-order valence-electron chi connectivity index (χ4n) is 2.15. The van der Waals surface area contributed by atoms with Crippen LogP contribution in [0.4, 0.5) is 13.2 Å².